The number of nitriles is 1. The van der Waals surface area contributed by atoms with Crippen LogP contribution in [0, 0.1) is 11.3 Å². The Morgan fingerprint density at radius 1 is 1.24 bits per heavy atom. The molecule has 0 heterocycles. The maximum absolute atomic E-state index is 11.9. The van der Waals surface area contributed by atoms with Crippen molar-refractivity contribution in [3.8, 4) is 6.07 Å². The minimum Gasteiger partial charge on any atom is -0.462 e. The van der Waals surface area contributed by atoms with Crippen molar-refractivity contribution < 1.29 is 9.53 Å². The van der Waals surface area contributed by atoms with E-state index in [9.17, 15) is 4.79 Å². The second-order valence-corrected chi connectivity index (χ2v) is 6.10. The lowest BCUT2D eigenvalue weighted by Crippen LogP contribution is -2.05. The number of halogens is 1. The Kier molecular flexibility index (Phi) is 5.43. The number of rotatable bonds is 4. The topological polar surface area (TPSA) is 50.1 Å². The molecule has 2 aromatic rings. The van der Waals surface area contributed by atoms with E-state index < -0.39 is 0 Å². The molecule has 0 aliphatic heterocycles. The van der Waals surface area contributed by atoms with Crippen LogP contribution in [0.4, 0.5) is 0 Å². The Balaban J connectivity index is 2.22. The highest BCUT2D eigenvalue weighted by Crippen LogP contribution is 2.31. The van der Waals surface area contributed by atoms with Gasteiger partial charge in [-0.05, 0) is 65.3 Å². The van der Waals surface area contributed by atoms with Gasteiger partial charge >= 0.3 is 5.97 Å². The average molecular weight is 362 g/mol. The normalized spacial score (nSPS) is 9.95. The van der Waals surface area contributed by atoms with Gasteiger partial charge in [-0.2, -0.15) is 5.26 Å². The van der Waals surface area contributed by atoms with Crippen LogP contribution >= 0.6 is 27.7 Å². The SMILES string of the molecule is CCOC(=O)c1cc(Sc2ccc(C#N)cc2)ccc1Br. The minimum atomic E-state index is -0.341. The molecule has 2 rings (SSSR count). The van der Waals surface area contributed by atoms with Gasteiger partial charge in [0.15, 0.2) is 0 Å². The first kappa shape index (κ1) is 15.6. The van der Waals surface area contributed by atoms with Crippen molar-refractivity contribution in [1.29, 1.82) is 5.26 Å². The summed E-state index contributed by atoms with van der Waals surface area (Å²) in [7, 11) is 0. The zero-order valence-electron chi connectivity index (χ0n) is 11.3. The van der Waals surface area contributed by atoms with Gasteiger partial charge < -0.3 is 4.74 Å². The molecule has 0 aromatic heterocycles. The number of carbonyl (C=O) groups excluding carboxylic acids is 1. The third-order valence-electron chi connectivity index (χ3n) is 2.65. The van der Waals surface area contributed by atoms with Crippen LogP contribution in [0.5, 0.6) is 0 Å². The van der Waals surface area contributed by atoms with Gasteiger partial charge in [-0.1, -0.05) is 11.8 Å². The summed E-state index contributed by atoms with van der Waals surface area (Å²) in [5, 5.41) is 8.78. The number of ether oxygens (including phenoxy) is 1. The van der Waals surface area contributed by atoms with Gasteiger partial charge in [0.05, 0.1) is 23.8 Å². The molecular formula is C16H12BrNO2S. The molecule has 2 aromatic carbocycles. The molecule has 0 saturated heterocycles. The smallest absolute Gasteiger partial charge is 0.339 e. The van der Waals surface area contributed by atoms with Gasteiger partial charge in [0, 0.05) is 14.3 Å². The highest BCUT2D eigenvalue weighted by Gasteiger charge is 2.12. The molecule has 0 aliphatic carbocycles. The van der Waals surface area contributed by atoms with E-state index in [4.69, 9.17) is 10.00 Å². The molecule has 21 heavy (non-hydrogen) atoms. The lowest BCUT2D eigenvalue weighted by molar-refractivity contribution is 0.0525. The van der Waals surface area contributed by atoms with E-state index in [-0.39, 0.29) is 5.97 Å². The van der Waals surface area contributed by atoms with E-state index in [1.807, 2.05) is 24.3 Å². The van der Waals surface area contributed by atoms with Crippen molar-refractivity contribution >= 4 is 33.7 Å². The molecular weight excluding hydrogens is 350 g/mol. The molecule has 0 radical (unpaired) electrons. The number of nitrogens with zero attached hydrogens (tertiary/aromatic N) is 1. The van der Waals surface area contributed by atoms with E-state index in [1.54, 1.807) is 25.1 Å². The van der Waals surface area contributed by atoms with Crippen LogP contribution < -0.4 is 0 Å². The molecule has 5 heteroatoms. The summed E-state index contributed by atoms with van der Waals surface area (Å²) >= 11 is 4.89. The van der Waals surface area contributed by atoms with Crippen molar-refractivity contribution in [2.45, 2.75) is 16.7 Å². The first-order valence-electron chi connectivity index (χ1n) is 6.28. The van der Waals surface area contributed by atoms with Gasteiger partial charge in [0.1, 0.15) is 0 Å². The Hall–Kier alpha value is -1.77. The van der Waals surface area contributed by atoms with Crippen molar-refractivity contribution in [2.24, 2.45) is 0 Å². The van der Waals surface area contributed by atoms with Gasteiger partial charge in [0.2, 0.25) is 0 Å². The lowest BCUT2D eigenvalue weighted by Gasteiger charge is -2.07. The number of hydrogen-bond donors (Lipinski definition) is 0. The van der Waals surface area contributed by atoms with Crippen LogP contribution in [0.25, 0.3) is 0 Å². The third-order valence-corrected chi connectivity index (χ3v) is 4.34. The number of carbonyl (C=O) groups is 1. The van der Waals surface area contributed by atoms with Gasteiger partial charge in [-0.3, -0.25) is 0 Å². The minimum absolute atomic E-state index is 0.341. The standard InChI is InChI=1S/C16H12BrNO2S/c1-2-20-16(19)14-9-13(7-8-15(14)17)21-12-5-3-11(10-18)4-6-12/h3-9H,2H2,1H3. The maximum Gasteiger partial charge on any atom is 0.339 e. The maximum atomic E-state index is 11.9. The highest BCUT2D eigenvalue weighted by molar-refractivity contribution is 9.10. The van der Waals surface area contributed by atoms with E-state index in [0.29, 0.717) is 22.2 Å². The Labute approximate surface area is 136 Å². The van der Waals surface area contributed by atoms with Crippen LogP contribution in [0.2, 0.25) is 0 Å². The Bertz CT molecular complexity index is 692. The van der Waals surface area contributed by atoms with E-state index in [2.05, 4.69) is 22.0 Å². The Morgan fingerprint density at radius 2 is 1.90 bits per heavy atom. The zero-order valence-corrected chi connectivity index (χ0v) is 13.7. The van der Waals surface area contributed by atoms with E-state index in [1.165, 1.54) is 11.8 Å². The fraction of sp³-hybridized carbons (Fsp3) is 0.125. The van der Waals surface area contributed by atoms with Crippen molar-refractivity contribution in [3.05, 3.63) is 58.1 Å². The zero-order chi connectivity index (χ0) is 15.2. The molecule has 0 fully saturated rings. The van der Waals surface area contributed by atoms with Gasteiger partial charge in [0.25, 0.3) is 0 Å². The number of esters is 1. The second-order valence-electron chi connectivity index (χ2n) is 4.10. The van der Waals surface area contributed by atoms with Crippen LogP contribution in [0.1, 0.15) is 22.8 Å². The Morgan fingerprint density at radius 3 is 2.52 bits per heavy atom. The molecule has 0 aliphatic rings. The average Bonchev–Trinajstić information content (AvgIpc) is 2.50. The molecule has 0 amide bonds. The molecule has 0 N–H and O–H groups in total. The summed E-state index contributed by atoms with van der Waals surface area (Å²) < 4.78 is 5.74. The third kappa shape index (κ3) is 4.10. The van der Waals surface area contributed by atoms with E-state index in [0.717, 1.165) is 9.79 Å². The van der Waals surface area contributed by atoms with Crippen LogP contribution in [0.3, 0.4) is 0 Å². The first-order valence-corrected chi connectivity index (χ1v) is 7.89. The molecule has 106 valence electrons. The predicted molar refractivity (Wildman–Crippen MR) is 85.4 cm³/mol. The summed E-state index contributed by atoms with van der Waals surface area (Å²) in [6.45, 7) is 2.12. The van der Waals surface area contributed by atoms with Crippen LogP contribution in [0.15, 0.2) is 56.7 Å². The quantitative estimate of drug-likeness (QED) is 0.743. The summed E-state index contributed by atoms with van der Waals surface area (Å²) in [6, 6.07) is 15.0. The molecule has 3 nitrogen and oxygen atoms in total. The molecule has 0 bridgehead atoms. The van der Waals surface area contributed by atoms with Crippen molar-refractivity contribution in [1.82, 2.24) is 0 Å². The molecule has 0 atom stereocenters. The predicted octanol–water partition coefficient (Wildman–Crippen LogP) is 4.65. The molecule has 0 saturated carbocycles. The number of hydrogen-bond acceptors (Lipinski definition) is 4. The summed E-state index contributed by atoms with van der Waals surface area (Å²) in [4.78, 5) is 13.8. The largest absolute Gasteiger partial charge is 0.462 e. The summed E-state index contributed by atoms with van der Waals surface area (Å²) in [5.41, 5.74) is 1.14. The fourth-order valence-corrected chi connectivity index (χ4v) is 2.93. The second kappa shape index (κ2) is 7.30. The first-order chi connectivity index (χ1) is 10.1. The van der Waals surface area contributed by atoms with Crippen molar-refractivity contribution in [2.75, 3.05) is 6.61 Å². The fourth-order valence-electron chi connectivity index (χ4n) is 1.67. The van der Waals surface area contributed by atoms with Gasteiger partial charge in [-0.15, -0.1) is 0 Å². The summed E-state index contributed by atoms with van der Waals surface area (Å²) in [5.74, 6) is -0.341. The monoisotopic (exact) mass is 361 g/mol. The van der Waals surface area contributed by atoms with E-state index >= 15 is 0 Å². The molecule has 0 unspecified atom stereocenters. The van der Waals surface area contributed by atoms with Crippen LogP contribution in [-0.2, 0) is 4.74 Å². The van der Waals surface area contributed by atoms with Crippen molar-refractivity contribution in [3.63, 3.8) is 0 Å². The lowest BCUT2D eigenvalue weighted by atomic mass is 10.2. The van der Waals surface area contributed by atoms with Crippen LogP contribution in [-0.4, -0.2) is 12.6 Å². The van der Waals surface area contributed by atoms with Gasteiger partial charge in [-0.25, -0.2) is 4.79 Å². The summed E-state index contributed by atoms with van der Waals surface area (Å²) in [6.07, 6.45) is 0. The molecule has 0 spiro atoms. The highest BCUT2D eigenvalue weighted by atomic mass is 79.9. The number of benzene rings is 2.